The van der Waals surface area contributed by atoms with Crippen LogP contribution in [0, 0.1) is 0 Å². The third-order valence-electron chi connectivity index (χ3n) is 3.76. The zero-order valence-corrected chi connectivity index (χ0v) is 12.7. The molecule has 1 aliphatic heterocycles. The van der Waals surface area contributed by atoms with Crippen LogP contribution in [-0.2, 0) is 6.42 Å². The van der Waals surface area contributed by atoms with Crippen LogP contribution in [0.15, 0.2) is 52.1 Å². The number of rotatable bonds is 4. The second-order valence-corrected chi connectivity index (χ2v) is 5.26. The van der Waals surface area contributed by atoms with Crippen molar-refractivity contribution in [3.05, 3.63) is 54.0 Å². The van der Waals surface area contributed by atoms with Gasteiger partial charge in [-0.3, -0.25) is 0 Å². The van der Waals surface area contributed by atoms with E-state index in [-0.39, 0.29) is 6.54 Å². The fourth-order valence-electron chi connectivity index (χ4n) is 2.70. The normalized spacial score (nSPS) is 15.7. The minimum atomic E-state index is -0.721. The van der Waals surface area contributed by atoms with Gasteiger partial charge >= 0.3 is 0 Å². The smallest absolute Gasteiger partial charge is 0.198 e. The van der Waals surface area contributed by atoms with Gasteiger partial charge in [0.25, 0.3) is 0 Å². The van der Waals surface area contributed by atoms with E-state index in [9.17, 15) is 5.11 Å². The first-order valence-corrected chi connectivity index (χ1v) is 7.65. The van der Waals surface area contributed by atoms with Crippen LogP contribution in [0.5, 0.6) is 0 Å². The van der Waals surface area contributed by atoms with Gasteiger partial charge in [-0.15, -0.1) is 0 Å². The van der Waals surface area contributed by atoms with Crippen molar-refractivity contribution >= 4 is 11.6 Å². The van der Waals surface area contributed by atoms with Crippen LogP contribution in [0.25, 0.3) is 0 Å². The molecular weight excluding hydrogens is 278 g/mol. The molecular formula is C17H21N3O2. The van der Waals surface area contributed by atoms with E-state index in [1.807, 2.05) is 13.0 Å². The number of nitrogens with zero attached hydrogens (tertiary/aromatic N) is 2. The van der Waals surface area contributed by atoms with Gasteiger partial charge in [0.2, 0.25) is 0 Å². The Bertz CT molecular complexity index is 637. The zero-order valence-electron chi connectivity index (χ0n) is 12.7. The molecule has 0 amide bonds. The van der Waals surface area contributed by atoms with Crippen molar-refractivity contribution < 1.29 is 9.52 Å². The molecule has 3 rings (SSSR count). The van der Waals surface area contributed by atoms with Gasteiger partial charge in [-0.1, -0.05) is 18.2 Å². The van der Waals surface area contributed by atoms with Crippen molar-refractivity contribution in [2.45, 2.75) is 19.4 Å². The number of anilines is 1. The summed E-state index contributed by atoms with van der Waals surface area (Å²) in [5.41, 5.74) is 2.52. The number of hydrogen-bond acceptors (Lipinski definition) is 3. The van der Waals surface area contributed by atoms with Crippen molar-refractivity contribution in [1.82, 2.24) is 5.32 Å². The Morgan fingerprint density at radius 2 is 2.23 bits per heavy atom. The van der Waals surface area contributed by atoms with E-state index in [0.717, 1.165) is 25.5 Å². The van der Waals surface area contributed by atoms with Gasteiger partial charge in [-0.2, -0.15) is 0 Å². The molecule has 5 heteroatoms. The lowest BCUT2D eigenvalue weighted by molar-refractivity contribution is 0.158. The topological polar surface area (TPSA) is 61.0 Å². The van der Waals surface area contributed by atoms with Crippen molar-refractivity contribution in [1.29, 1.82) is 0 Å². The number of benzene rings is 1. The Kier molecular flexibility index (Phi) is 4.44. The summed E-state index contributed by atoms with van der Waals surface area (Å²) in [4.78, 5) is 6.75. The number of hydrogen-bond donors (Lipinski definition) is 2. The van der Waals surface area contributed by atoms with Crippen LogP contribution in [0.1, 0.15) is 24.4 Å². The third-order valence-corrected chi connectivity index (χ3v) is 3.76. The first kappa shape index (κ1) is 14.7. The van der Waals surface area contributed by atoms with E-state index in [0.29, 0.717) is 5.76 Å². The van der Waals surface area contributed by atoms with Crippen LogP contribution >= 0.6 is 0 Å². The summed E-state index contributed by atoms with van der Waals surface area (Å²) in [5.74, 6) is 1.35. The lowest BCUT2D eigenvalue weighted by Crippen LogP contribution is -2.40. The largest absolute Gasteiger partial charge is 0.467 e. The number of aliphatic hydroxyl groups excluding tert-OH is 1. The first-order chi connectivity index (χ1) is 10.8. The van der Waals surface area contributed by atoms with Gasteiger partial charge < -0.3 is 19.7 Å². The summed E-state index contributed by atoms with van der Waals surface area (Å²) in [6.45, 7) is 4.01. The Hall–Kier alpha value is -2.27. The van der Waals surface area contributed by atoms with E-state index in [4.69, 9.17) is 4.42 Å². The van der Waals surface area contributed by atoms with E-state index >= 15 is 0 Å². The second-order valence-electron chi connectivity index (χ2n) is 5.26. The summed E-state index contributed by atoms with van der Waals surface area (Å²) < 4.78 is 5.22. The molecule has 2 N–H and O–H groups in total. The quantitative estimate of drug-likeness (QED) is 0.672. The predicted molar refractivity (Wildman–Crippen MR) is 87.1 cm³/mol. The molecule has 1 unspecified atom stereocenters. The Morgan fingerprint density at radius 3 is 3.00 bits per heavy atom. The Morgan fingerprint density at radius 1 is 1.36 bits per heavy atom. The van der Waals surface area contributed by atoms with E-state index in [1.54, 1.807) is 18.4 Å². The van der Waals surface area contributed by atoms with E-state index < -0.39 is 6.10 Å². The maximum atomic E-state index is 10.1. The number of nitrogens with one attached hydrogen (secondary N) is 1. The number of fused-ring (bicyclic) bond motifs is 1. The lowest BCUT2D eigenvalue weighted by Gasteiger charge is -2.22. The van der Waals surface area contributed by atoms with Gasteiger partial charge in [0.05, 0.1) is 12.8 Å². The second kappa shape index (κ2) is 6.66. The van der Waals surface area contributed by atoms with Gasteiger partial charge in [0.15, 0.2) is 5.96 Å². The summed E-state index contributed by atoms with van der Waals surface area (Å²) in [6, 6.07) is 11.9. The summed E-state index contributed by atoms with van der Waals surface area (Å²) in [6.07, 6.45) is 1.85. The molecule has 2 heterocycles. The van der Waals surface area contributed by atoms with Crippen LogP contribution in [0.2, 0.25) is 0 Å². The fraction of sp³-hybridized carbons (Fsp3) is 0.353. The number of aliphatic hydroxyl groups is 1. The zero-order chi connectivity index (χ0) is 15.4. The molecule has 116 valence electrons. The molecule has 1 aromatic carbocycles. The molecule has 0 fully saturated rings. The molecule has 0 bridgehead atoms. The first-order valence-electron chi connectivity index (χ1n) is 7.65. The van der Waals surface area contributed by atoms with E-state index in [2.05, 4.69) is 33.4 Å². The van der Waals surface area contributed by atoms with Crippen molar-refractivity contribution in [3.8, 4) is 0 Å². The number of guanidine groups is 1. The van der Waals surface area contributed by atoms with Gasteiger partial charge in [-0.25, -0.2) is 4.99 Å². The highest BCUT2D eigenvalue weighted by atomic mass is 16.4. The lowest BCUT2D eigenvalue weighted by atomic mass is 10.2. The predicted octanol–water partition coefficient (Wildman–Crippen LogP) is 2.34. The number of aliphatic imine (C=N–C) groups is 1. The van der Waals surface area contributed by atoms with Gasteiger partial charge in [-0.05, 0) is 37.1 Å². The molecule has 1 aliphatic rings. The maximum absolute atomic E-state index is 10.1. The minimum Gasteiger partial charge on any atom is -0.467 e. The molecule has 0 saturated carbocycles. The minimum absolute atomic E-state index is 0.272. The molecule has 22 heavy (non-hydrogen) atoms. The van der Waals surface area contributed by atoms with Crippen LogP contribution in [-0.4, -0.2) is 30.7 Å². The Labute approximate surface area is 130 Å². The van der Waals surface area contributed by atoms with Crippen LogP contribution in [0.4, 0.5) is 5.69 Å². The van der Waals surface area contributed by atoms with Crippen LogP contribution < -0.4 is 10.2 Å². The van der Waals surface area contributed by atoms with Gasteiger partial charge in [0.1, 0.15) is 11.9 Å². The molecule has 0 aliphatic carbocycles. The van der Waals surface area contributed by atoms with Gasteiger partial charge in [0, 0.05) is 18.8 Å². The highest BCUT2D eigenvalue weighted by molar-refractivity contribution is 5.97. The van der Waals surface area contributed by atoms with Crippen molar-refractivity contribution in [2.75, 3.05) is 24.5 Å². The van der Waals surface area contributed by atoms with Crippen LogP contribution in [0.3, 0.4) is 0 Å². The van der Waals surface area contributed by atoms with Crippen molar-refractivity contribution in [2.24, 2.45) is 4.99 Å². The third kappa shape index (κ3) is 2.99. The maximum Gasteiger partial charge on any atom is 0.198 e. The molecule has 2 aromatic rings. The molecule has 5 nitrogen and oxygen atoms in total. The number of furan rings is 1. The Balaban J connectivity index is 1.77. The van der Waals surface area contributed by atoms with E-state index in [1.165, 1.54) is 11.3 Å². The highest BCUT2D eigenvalue weighted by Crippen LogP contribution is 2.27. The molecule has 0 saturated heterocycles. The number of para-hydroxylation sites is 1. The fourth-order valence-corrected chi connectivity index (χ4v) is 2.70. The highest BCUT2D eigenvalue weighted by Gasteiger charge is 2.22. The monoisotopic (exact) mass is 299 g/mol. The van der Waals surface area contributed by atoms with Crippen molar-refractivity contribution in [3.63, 3.8) is 0 Å². The average molecular weight is 299 g/mol. The summed E-state index contributed by atoms with van der Waals surface area (Å²) >= 11 is 0. The summed E-state index contributed by atoms with van der Waals surface area (Å²) in [7, 11) is 0. The molecule has 1 aromatic heterocycles. The average Bonchev–Trinajstić information content (AvgIpc) is 3.20. The standard InChI is InChI=1S/C17H21N3O2/c1-2-18-17(19-12-15(21)16-8-5-11-22-16)20-10-9-13-6-3-4-7-14(13)20/h3-8,11,15,21H,2,9-10,12H2,1H3,(H,18,19). The molecule has 0 spiro atoms. The summed E-state index contributed by atoms with van der Waals surface area (Å²) in [5, 5.41) is 13.4. The molecule has 1 atom stereocenters. The SMILES string of the molecule is CCNC(=NCC(O)c1ccco1)N1CCc2ccccc21. The molecule has 0 radical (unpaired) electrons.